The highest BCUT2D eigenvalue weighted by Crippen LogP contribution is 2.37. The van der Waals surface area contributed by atoms with E-state index in [1.165, 1.54) is 0 Å². The average molecular weight is 455 g/mol. The van der Waals surface area contributed by atoms with E-state index < -0.39 is 0 Å². The zero-order chi connectivity index (χ0) is 22.8. The molecular formula is C25H19ClN6O. The highest BCUT2D eigenvalue weighted by Gasteiger charge is 2.28. The summed E-state index contributed by atoms with van der Waals surface area (Å²) >= 11 is 6.24. The number of carbonyl (C=O) groups is 1. The van der Waals surface area contributed by atoms with Crippen molar-refractivity contribution >= 4 is 34.8 Å². The number of hydrogen-bond donors (Lipinski definition) is 2. The van der Waals surface area contributed by atoms with Crippen molar-refractivity contribution in [3.8, 4) is 17.2 Å². The van der Waals surface area contributed by atoms with Gasteiger partial charge in [-0.1, -0.05) is 29.8 Å². The molecular weight excluding hydrogens is 436 g/mol. The Morgan fingerprint density at radius 3 is 2.82 bits per heavy atom. The van der Waals surface area contributed by atoms with Crippen LogP contribution in [0.25, 0.3) is 11.1 Å². The number of nitrogens with one attached hydrogen (secondary N) is 2. The van der Waals surface area contributed by atoms with Crippen LogP contribution in [-0.2, 0) is 17.6 Å². The Hall–Kier alpha value is -4.15. The normalized spacial score (nSPS) is 12.3. The van der Waals surface area contributed by atoms with E-state index in [0.717, 1.165) is 28.1 Å². The van der Waals surface area contributed by atoms with Crippen molar-refractivity contribution in [2.45, 2.75) is 12.8 Å². The predicted molar refractivity (Wildman–Crippen MR) is 127 cm³/mol. The second-order valence-corrected chi connectivity index (χ2v) is 8.14. The van der Waals surface area contributed by atoms with Gasteiger partial charge in [0.05, 0.1) is 23.9 Å². The second kappa shape index (κ2) is 8.77. The number of nitriles is 1. The Bertz CT molecular complexity index is 1380. The predicted octanol–water partition coefficient (Wildman–Crippen LogP) is 4.87. The minimum atomic E-state index is -0.0685. The fourth-order valence-electron chi connectivity index (χ4n) is 4.09. The molecule has 1 aliphatic rings. The lowest BCUT2D eigenvalue weighted by Crippen LogP contribution is -2.31. The second-order valence-electron chi connectivity index (χ2n) is 7.73. The number of amides is 1. The number of carbonyl (C=O) groups excluding carboxylic acids is 1. The van der Waals surface area contributed by atoms with E-state index in [2.05, 4.69) is 26.6 Å². The summed E-state index contributed by atoms with van der Waals surface area (Å²) in [7, 11) is 0. The molecule has 33 heavy (non-hydrogen) atoms. The number of hydrogen-bond acceptors (Lipinski definition) is 5. The van der Waals surface area contributed by atoms with E-state index in [4.69, 9.17) is 11.6 Å². The number of halogens is 1. The first-order valence-corrected chi connectivity index (χ1v) is 10.8. The monoisotopic (exact) mass is 454 g/mol. The summed E-state index contributed by atoms with van der Waals surface area (Å²) in [6, 6.07) is 19.1. The maximum absolute atomic E-state index is 13.1. The lowest BCUT2D eigenvalue weighted by Gasteiger charge is -2.19. The van der Waals surface area contributed by atoms with E-state index in [1.54, 1.807) is 23.4 Å². The smallest absolute Gasteiger partial charge is 0.231 e. The van der Waals surface area contributed by atoms with Gasteiger partial charge in [-0.2, -0.15) is 10.4 Å². The minimum Gasteiger partial charge on any atom is -0.325 e. The van der Waals surface area contributed by atoms with E-state index in [1.807, 2.05) is 48.5 Å². The van der Waals surface area contributed by atoms with Crippen LogP contribution in [0.1, 0.15) is 16.7 Å². The summed E-state index contributed by atoms with van der Waals surface area (Å²) in [5.74, 6) is 1.33. The highest BCUT2D eigenvalue weighted by atomic mass is 35.5. The Morgan fingerprint density at radius 2 is 2.03 bits per heavy atom. The maximum Gasteiger partial charge on any atom is 0.231 e. The van der Waals surface area contributed by atoms with E-state index in [9.17, 15) is 10.1 Å². The van der Waals surface area contributed by atoms with Crippen LogP contribution in [0.2, 0.25) is 5.02 Å². The molecule has 0 spiro atoms. The zero-order valence-electron chi connectivity index (χ0n) is 17.5. The number of aromatic nitrogens is 3. The lowest BCUT2D eigenvalue weighted by molar-refractivity contribution is -0.117. The third kappa shape index (κ3) is 4.16. The van der Waals surface area contributed by atoms with Crippen molar-refractivity contribution < 1.29 is 4.79 Å². The summed E-state index contributed by atoms with van der Waals surface area (Å²) < 4.78 is 0. The Morgan fingerprint density at radius 1 is 1.15 bits per heavy atom. The Kier molecular flexibility index (Phi) is 5.51. The summed E-state index contributed by atoms with van der Waals surface area (Å²) in [5, 5.41) is 20.4. The first kappa shape index (κ1) is 20.7. The van der Waals surface area contributed by atoms with Crippen LogP contribution in [0, 0.1) is 11.3 Å². The van der Waals surface area contributed by atoms with Crippen molar-refractivity contribution in [3.05, 3.63) is 88.7 Å². The molecule has 1 aliphatic heterocycles. The zero-order valence-corrected chi connectivity index (χ0v) is 18.3. The molecule has 1 amide bonds. The van der Waals surface area contributed by atoms with Crippen molar-refractivity contribution in [2.75, 3.05) is 16.8 Å². The number of pyridine rings is 1. The molecule has 0 fully saturated rings. The van der Waals surface area contributed by atoms with Crippen molar-refractivity contribution in [2.24, 2.45) is 0 Å². The third-order valence-corrected chi connectivity index (χ3v) is 6.01. The van der Waals surface area contributed by atoms with E-state index >= 15 is 0 Å². The molecule has 162 valence electrons. The number of nitrogens with zero attached hydrogens (tertiary/aromatic N) is 4. The van der Waals surface area contributed by atoms with Crippen molar-refractivity contribution in [1.29, 1.82) is 5.26 Å². The quantitative estimate of drug-likeness (QED) is 0.448. The van der Waals surface area contributed by atoms with Gasteiger partial charge in [-0.3, -0.25) is 9.89 Å². The molecule has 0 aliphatic carbocycles. The highest BCUT2D eigenvalue weighted by molar-refractivity contribution is 6.31. The molecule has 5 rings (SSSR count). The number of rotatable bonds is 5. The number of fused-ring (bicyclic) bond motifs is 1. The van der Waals surface area contributed by atoms with Gasteiger partial charge in [-0.05, 0) is 59.0 Å². The Balaban J connectivity index is 1.44. The summed E-state index contributed by atoms with van der Waals surface area (Å²) in [5.41, 5.74) is 4.77. The van der Waals surface area contributed by atoms with Crippen LogP contribution in [0.3, 0.4) is 0 Å². The van der Waals surface area contributed by atoms with Gasteiger partial charge in [0.15, 0.2) is 0 Å². The number of anilines is 3. The summed E-state index contributed by atoms with van der Waals surface area (Å²) in [6.07, 6.45) is 4.26. The van der Waals surface area contributed by atoms with Crippen LogP contribution in [-0.4, -0.2) is 27.6 Å². The first-order valence-electron chi connectivity index (χ1n) is 10.5. The first-order chi connectivity index (χ1) is 16.1. The molecule has 0 atom stereocenters. The molecule has 0 bridgehead atoms. The summed E-state index contributed by atoms with van der Waals surface area (Å²) in [6.45, 7) is 0.541. The number of H-pyrrole nitrogens is 1. The molecule has 0 radical (unpaired) electrons. The van der Waals surface area contributed by atoms with Gasteiger partial charge in [-0.25, -0.2) is 4.98 Å². The standard InChI is InChI=1S/C25H19ClN6O/c26-21-4-2-1-3-17(21)14-24(33)32-10-7-18-11-19(12-20(15-27)25(18)32)16-5-8-28-23(13-16)30-22-6-9-29-31-22/h1-6,8-9,11-13H,7,10,14H2,(H2,28,29,30,31). The van der Waals surface area contributed by atoms with Crippen LogP contribution >= 0.6 is 11.6 Å². The van der Waals surface area contributed by atoms with Crippen molar-refractivity contribution in [3.63, 3.8) is 0 Å². The van der Waals surface area contributed by atoms with Gasteiger partial charge in [0.25, 0.3) is 0 Å². The van der Waals surface area contributed by atoms with Crippen LogP contribution < -0.4 is 10.2 Å². The fraction of sp³-hybridized carbons (Fsp3) is 0.120. The summed E-state index contributed by atoms with van der Waals surface area (Å²) in [4.78, 5) is 19.1. The molecule has 4 aromatic rings. The van der Waals surface area contributed by atoms with Gasteiger partial charge in [0.2, 0.25) is 5.91 Å². The van der Waals surface area contributed by atoms with Gasteiger partial charge in [0, 0.05) is 23.8 Å². The number of benzene rings is 2. The van der Waals surface area contributed by atoms with Gasteiger partial charge in [0.1, 0.15) is 17.7 Å². The van der Waals surface area contributed by atoms with Crippen LogP contribution in [0.4, 0.5) is 17.3 Å². The van der Waals surface area contributed by atoms with Crippen LogP contribution in [0.5, 0.6) is 0 Å². The Labute approximate surface area is 195 Å². The SMILES string of the molecule is N#Cc1cc(-c2ccnc(Nc3ccn[nH]3)c2)cc2c1N(C(=O)Cc1ccccc1Cl)CC2. The number of aromatic amines is 1. The fourth-order valence-corrected chi connectivity index (χ4v) is 4.29. The van der Waals surface area contributed by atoms with Gasteiger partial charge in [-0.15, -0.1) is 0 Å². The van der Waals surface area contributed by atoms with Gasteiger partial charge < -0.3 is 10.2 Å². The molecule has 8 heteroatoms. The van der Waals surface area contributed by atoms with Crippen LogP contribution in [0.15, 0.2) is 67.0 Å². The molecule has 0 saturated carbocycles. The van der Waals surface area contributed by atoms with Gasteiger partial charge >= 0.3 is 0 Å². The third-order valence-electron chi connectivity index (χ3n) is 5.64. The van der Waals surface area contributed by atoms with Crippen molar-refractivity contribution in [1.82, 2.24) is 15.2 Å². The molecule has 3 heterocycles. The molecule has 2 aromatic heterocycles. The maximum atomic E-state index is 13.1. The molecule has 7 nitrogen and oxygen atoms in total. The molecule has 2 aromatic carbocycles. The average Bonchev–Trinajstić information content (AvgIpc) is 3.50. The topological polar surface area (TPSA) is 97.7 Å². The molecule has 0 unspecified atom stereocenters. The largest absolute Gasteiger partial charge is 0.325 e. The lowest BCUT2D eigenvalue weighted by atomic mass is 9.98. The van der Waals surface area contributed by atoms with E-state index in [0.29, 0.717) is 35.1 Å². The molecule has 2 N–H and O–H groups in total. The van der Waals surface area contributed by atoms with E-state index in [-0.39, 0.29) is 12.3 Å². The molecule has 0 saturated heterocycles. The minimum absolute atomic E-state index is 0.0685.